The van der Waals surface area contributed by atoms with Crippen LogP contribution in [0.4, 0.5) is 14.9 Å². The molecule has 1 aromatic heterocycles. The van der Waals surface area contributed by atoms with Crippen LogP contribution in [0.25, 0.3) is 0 Å². The van der Waals surface area contributed by atoms with Crippen molar-refractivity contribution >= 4 is 11.7 Å². The molecule has 1 heterocycles. The maximum Gasteiger partial charge on any atom is 0.319 e. The molecular weight excluding hydrogens is 301 g/mol. The van der Waals surface area contributed by atoms with Crippen molar-refractivity contribution in [2.45, 2.75) is 13.0 Å². The number of nitrogens with one attached hydrogen (secondary N) is 2. The van der Waals surface area contributed by atoms with Crippen LogP contribution in [0, 0.1) is 17.1 Å². The van der Waals surface area contributed by atoms with E-state index >= 15 is 0 Å². The lowest BCUT2D eigenvalue weighted by atomic mass is 10.2. The van der Waals surface area contributed by atoms with E-state index in [9.17, 15) is 9.18 Å². The minimum Gasteiger partial charge on any atom is -0.467 e. The molecule has 0 atom stereocenters. The van der Waals surface area contributed by atoms with Gasteiger partial charge in [0.25, 0.3) is 0 Å². The minimum atomic E-state index is -0.527. The molecule has 0 radical (unpaired) electrons. The van der Waals surface area contributed by atoms with E-state index in [2.05, 4.69) is 10.6 Å². The Morgan fingerprint density at radius 2 is 2.26 bits per heavy atom. The predicted molar refractivity (Wildman–Crippen MR) is 81.1 cm³/mol. The molecule has 0 spiro atoms. The summed E-state index contributed by atoms with van der Waals surface area (Å²) in [5.74, 6) is 0.220. The number of carbonyl (C=O) groups is 1. The molecule has 7 heteroatoms. The second-order valence-corrected chi connectivity index (χ2v) is 4.67. The van der Waals surface area contributed by atoms with Gasteiger partial charge in [0.15, 0.2) is 0 Å². The Hall–Kier alpha value is -2.85. The summed E-state index contributed by atoms with van der Waals surface area (Å²) in [6.45, 7) is 1.27. The van der Waals surface area contributed by atoms with Gasteiger partial charge in [-0.15, -0.1) is 0 Å². The first-order valence-electron chi connectivity index (χ1n) is 7.03. The van der Waals surface area contributed by atoms with Gasteiger partial charge < -0.3 is 19.8 Å². The standard InChI is InChI=1S/C16H16FN3O3/c17-13-4-5-15(12(9-13)10-18)20-16(21)19-6-2-7-22-11-14-3-1-8-23-14/h1,3-5,8-9H,2,6-7,11H2,(H2,19,20,21). The number of hydrogen-bond donors (Lipinski definition) is 2. The Kier molecular flexibility index (Phi) is 6.15. The van der Waals surface area contributed by atoms with E-state index in [0.29, 0.717) is 26.2 Å². The third-order valence-corrected chi connectivity index (χ3v) is 2.93. The number of nitriles is 1. The molecule has 2 aromatic rings. The zero-order valence-electron chi connectivity index (χ0n) is 12.3. The van der Waals surface area contributed by atoms with Gasteiger partial charge in [-0.2, -0.15) is 5.26 Å². The van der Waals surface area contributed by atoms with Crippen LogP contribution >= 0.6 is 0 Å². The van der Waals surface area contributed by atoms with Gasteiger partial charge in [-0.05, 0) is 36.8 Å². The summed E-state index contributed by atoms with van der Waals surface area (Å²) in [7, 11) is 0. The molecule has 1 aromatic carbocycles. The lowest BCUT2D eigenvalue weighted by molar-refractivity contribution is 0.104. The number of anilines is 1. The Balaban J connectivity index is 1.64. The van der Waals surface area contributed by atoms with Gasteiger partial charge in [0, 0.05) is 13.2 Å². The van der Waals surface area contributed by atoms with E-state index in [0.717, 1.165) is 11.8 Å². The van der Waals surface area contributed by atoms with Crippen LogP contribution in [0.3, 0.4) is 0 Å². The molecule has 0 saturated heterocycles. The van der Waals surface area contributed by atoms with E-state index in [1.807, 2.05) is 12.1 Å². The number of ether oxygens (including phenoxy) is 1. The number of hydrogen-bond acceptors (Lipinski definition) is 4. The van der Waals surface area contributed by atoms with Gasteiger partial charge in [-0.25, -0.2) is 9.18 Å². The molecule has 0 saturated carbocycles. The monoisotopic (exact) mass is 317 g/mol. The smallest absolute Gasteiger partial charge is 0.319 e. The minimum absolute atomic E-state index is 0.0712. The van der Waals surface area contributed by atoms with Gasteiger partial charge in [0.2, 0.25) is 0 Å². The Morgan fingerprint density at radius 3 is 3.00 bits per heavy atom. The fourth-order valence-electron chi connectivity index (χ4n) is 1.83. The molecule has 23 heavy (non-hydrogen) atoms. The van der Waals surface area contributed by atoms with Gasteiger partial charge in [-0.3, -0.25) is 0 Å². The van der Waals surface area contributed by atoms with E-state index in [-0.39, 0.29) is 11.3 Å². The number of carbonyl (C=O) groups excluding carboxylic acids is 1. The summed E-state index contributed by atoms with van der Waals surface area (Å²) in [5.41, 5.74) is 0.336. The van der Waals surface area contributed by atoms with Crippen LogP contribution in [0.5, 0.6) is 0 Å². The van der Waals surface area contributed by atoms with Crippen molar-refractivity contribution in [3.05, 3.63) is 53.7 Å². The first kappa shape index (κ1) is 16.5. The number of benzene rings is 1. The Labute approximate surface area is 132 Å². The Morgan fingerprint density at radius 1 is 1.39 bits per heavy atom. The molecule has 2 N–H and O–H groups in total. The Bertz CT molecular complexity index is 680. The number of urea groups is 1. The summed E-state index contributed by atoms with van der Waals surface area (Å²) < 4.78 is 23.5. The van der Waals surface area contributed by atoms with Gasteiger partial charge in [0.1, 0.15) is 24.3 Å². The average molecular weight is 317 g/mol. The fraction of sp³-hybridized carbons (Fsp3) is 0.250. The summed E-state index contributed by atoms with van der Waals surface area (Å²) >= 11 is 0. The lowest BCUT2D eigenvalue weighted by Gasteiger charge is -2.09. The highest BCUT2D eigenvalue weighted by molar-refractivity contribution is 5.90. The molecule has 6 nitrogen and oxygen atoms in total. The summed E-state index contributed by atoms with van der Waals surface area (Å²) in [4.78, 5) is 11.7. The zero-order chi connectivity index (χ0) is 16.5. The number of furan rings is 1. The number of rotatable bonds is 7. The fourth-order valence-corrected chi connectivity index (χ4v) is 1.83. The number of amides is 2. The molecule has 2 rings (SSSR count). The molecule has 0 fully saturated rings. The van der Waals surface area contributed by atoms with Crippen LogP contribution in [0.2, 0.25) is 0 Å². The second-order valence-electron chi connectivity index (χ2n) is 4.67. The molecule has 0 unspecified atom stereocenters. The maximum absolute atomic E-state index is 13.0. The van der Waals surface area contributed by atoms with Crippen LogP contribution in [-0.4, -0.2) is 19.2 Å². The van der Waals surface area contributed by atoms with Crippen LogP contribution in [-0.2, 0) is 11.3 Å². The highest BCUT2D eigenvalue weighted by atomic mass is 19.1. The number of nitrogens with zero attached hydrogens (tertiary/aromatic N) is 1. The third-order valence-electron chi connectivity index (χ3n) is 2.93. The third kappa shape index (κ3) is 5.45. The maximum atomic E-state index is 13.0. The quantitative estimate of drug-likeness (QED) is 0.768. The van der Waals surface area contributed by atoms with E-state index in [4.69, 9.17) is 14.4 Å². The van der Waals surface area contributed by atoms with Crippen molar-refractivity contribution in [2.75, 3.05) is 18.5 Å². The van der Waals surface area contributed by atoms with Crippen molar-refractivity contribution in [3.63, 3.8) is 0 Å². The van der Waals surface area contributed by atoms with E-state index in [1.54, 1.807) is 12.3 Å². The van der Waals surface area contributed by atoms with Crippen molar-refractivity contribution in [3.8, 4) is 6.07 Å². The van der Waals surface area contributed by atoms with E-state index in [1.165, 1.54) is 12.1 Å². The zero-order valence-corrected chi connectivity index (χ0v) is 12.3. The normalized spacial score (nSPS) is 10.1. The van der Waals surface area contributed by atoms with Gasteiger partial charge in [-0.1, -0.05) is 0 Å². The van der Waals surface area contributed by atoms with Crippen molar-refractivity contribution in [1.29, 1.82) is 5.26 Å². The molecule has 2 amide bonds. The van der Waals surface area contributed by atoms with Gasteiger partial charge in [0.05, 0.1) is 17.5 Å². The van der Waals surface area contributed by atoms with Crippen molar-refractivity contribution < 1.29 is 18.3 Å². The SMILES string of the molecule is N#Cc1cc(F)ccc1NC(=O)NCCCOCc1ccco1. The highest BCUT2D eigenvalue weighted by Crippen LogP contribution is 2.15. The van der Waals surface area contributed by atoms with E-state index < -0.39 is 11.8 Å². The topological polar surface area (TPSA) is 87.3 Å². The molecule has 120 valence electrons. The summed E-state index contributed by atoms with van der Waals surface area (Å²) in [5, 5.41) is 14.0. The first-order valence-corrected chi connectivity index (χ1v) is 7.03. The molecule has 0 bridgehead atoms. The largest absolute Gasteiger partial charge is 0.467 e. The second kappa shape index (κ2) is 8.56. The lowest BCUT2D eigenvalue weighted by Crippen LogP contribution is -2.30. The van der Waals surface area contributed by atoms with Gasteiger partial charge >= 0.3 is 6.03 Å². The van der Waals surface area contributed by atoms with Crippen LogP contribution in [0.15, 0.2) is 41.0 Å². The average Bonchev–Trinajstić information content (AvgIpc) is 3.05. The predicted octanol–water partition coefficient (Wildman–Crippen LogP) is 3.02. The van der Waals surface area contributed by atoms with Crippen molar-refractivity contribution in [1.82, 2.24) is 5.32 Å². The molecule has 0 aliphatic rings. The summed E-state index contributed by atoms with van der Waals surface area (Å²) in [6.07, 6.45) is 2.21. The molecule has 0 aliphatic heterocycles. The molecule has 0 aliphatic carbocycles. The molecular formula is C16H16FN3O3. The first-order chi connectivity index (χ1) is 11.2. The number of halogens is 1. The van der Waals surface area contributed by atoms with Crippen LogP contribution < -0.4 is 10.6 Å². The van der Waals surface area contributed by atoms with Crippen molar-refractivity contribution in [2.24, 2.45) is 0 Å². The highest BCUT2D eigenvalue weighted by Gasteiger charge is 2.07. The summed E-state index contributed by atoms with van der Waals surface area (Å²) in [6, 6.07) is 8.57. The van der Waals surface area contributed by atoms with Crippen LogP contribution in [0.1, 0.15) is 17.7 Å².